The minimum absolute atomic E-state index is 0.0602. The van der Waals surface area contributed by atoms with Gasteiger partial charge < -0.3 is 9.84 Å². The Morgan fingerprint density at radius 2 is 1.86 bits per heavy atom. The van der Waals surface area contributed by atoms with Gasteiger partial charge in [0.05, 0.1) is 13.2 Å². The van der Waals surface area contributed by atoms with Gasteiger partial charge in [-0.2, -0.15) is 0 Å². The first-order valence-electron chi connectivity index (χ1n) is 13.5. The molecule has 4 heteroatoms. The highest BCUT2D eigenvalue weighted by Crippen LogP contribution is 2.61. The van der Waals surface area contributed by atoms with Gasteiger partial charge in [0.1, 0.15) is 5.78 Å². The molecule has 0 spiro atoms. The second-order valence-electron chi connectivity index (χ2n) is 12.8. The van der Waals surface area contributed by atoms with Gasteiger partial charge in [-0.25, -0.2) is 0 Å². The Morgan fingerprint density at radius 3 is 2.46 bits per heavy atom. The van der Waals surface area contributed by atoms with Crippen molar-refractivity contribution in [2.24, 2.45) is 34.0 Å². The number of ketones is 1. The summed E-state index contributed by atoms with van der Waals surface area (Å²) >= 11 is 0. The van der Waals surface area contributed by atoms with Crippen LogP contribution < -0.4 is 0 Å². The van der Waals surface area contributed by atoms with Crippen LogP contribution in [0.4, 0.5) is 0 Å². The van der Waals surface area contributed by atoms with Crippen LogP contribution in [0.5, 0.6) is 0 Å². The van der Waals surface area contributed by atoms with Crippen LogP contribution in [0.3, 0.4) is 0 Å². The van der Waals surface area contributed by atoms with Crippen molar-refractivity contribution in [1.29, 1.82) is 0 Å². The van der Waals surface area contributed by atoms with E-state index in [1.165, 1.54) is 18.3 Å². The van der Waals surface area contributed by atoms with E-state index in [1.54, 1.807) is 0 Å². The number of carbonyl (C=O) groups excluding carboxylic acids is 2. The minimum atomic E-state index is -0.484. The van der Waals surface area contributed by atoms with Gasteiger partial charge in [0.2, 0.25) is 0 Å². The predicted molar refractivity (Wildman–Crippen MR) is 142 cm³/mol. The molecule has 0 aliphatic heterocycles. The second-order valence-corrected chi connectivity index (χ2v) is 12.8. The fraction of sp³-hybridized carbons (Fsp3) is 0.742. The monoisotopic (exact) mass is 484 g/mol. The van der Waals surface area contributed by atoms with E-state index < -0.39 is 6.10 Å². The number of esters is 1. The van der Waals surface area contributed by atoms with Gasteiger partial charge in [-0.1, -0.05) is 57.6 Å². The lowest BCUT2D eigenvalue weighted by Gasteiger charge is -2.57. The highest BCUT2D eigenvalue weighted by molar-refractivity contribution is 5.85. The summed E-state index contributed by atoms with van der Waals surface area (Å²) in [5.41, 5.74) is 4.23. The molecule has 0 aromatic heterocycles. The van der Waals surface area contributed by atoms with E-state index in [2.05, 4.69) is 47.8 Å². The van der Waals surface area contributed by atoms with Crippen LogP contribution in [0.25, 0.3) is 0 Å². The van der Waals surface area contributed by atoms with Crippen LogP contribution in [-0.4, -0.2) is 30.1 Å². The number of ether oxygens (including phenoxy) is 1. The van der Waals surface area contributed by atoms with Crippen LogP contribution >= 0.6 is 0 Å². The number of carbonyl (C=O) groups is 2. The molecule has 3 aliphatic rings. The van der Waals surface area contributed by atoms with Crippen molar-refractivity contribution < 1.29 is 19.4 Å². The third kappa shape index (κ3) is 4.84. The zero-order valence-corrected chi connectivity index (χ0v) is 23.3. The molecule has 35 heavy (non-hydrogen) atoms. The van der Waals surface area contributed by atoms with Crippen molar-refractivity contribution >= 4 is 11.8 Å². The van der Waals surface area contributed by atoms with Crippen molar-refractivity contribution in [3.63, 3.8) is 0 Å². The van der Waals surface area contributed by atoms with Crippen LogP contribution in [-0.2, 0) is 14.3 Å². The highest BCUT2D eigenvalue weighted by atomic mass is 16.5. The quantitative estimate of drug-likeness (QED) is 0.313. The van der Waals surface area contributed by atoms with Gasteiger partial charge in [0.25, 0.3) is 0 Å². The molecule has 2 fully saturated rings. The number of methoxy groups -OCH3 is 1. The summed E-state index contributed by atoms with van der Waals surface area (Å²) in [4.78, 5) is 24.9. The largest absolute Gasteiger partial charge is 0.469 e. The molecule has 0 unspecified atom stereocenters. The predicted octanol–water partition coefficient (Wildman–Crippen LogP) is 6.98. The van der Waals surface area contributed by atoms with Crippen molar-refractivity contribution in [2.75, 3.05) is 7.11 Å². The molecule has 3 rings (SSSR count). The van der Waals surface area contributed by atoms with Crippen molar-refractivity contribution in [3.05, 3.63) is 35.5 Å². The number of allylic oxidation sites excluding steroid dienone is 3. The Kier molecular flexibility index (Phi) is 7.97. The molecule has 4 nitrogen and oxygen atoms in total. The molecule has 2 saturated carbocycles. The zero-order valence-electron chi connectivity index (χ0n) is 23.3. The van der Waals surface area contributed by atoms with Crippen LogP contribution in [0.15, 0.2) is 35.5 Å². The van der Waals surface area contributed by atoms with E-state index in [1.807, 2.05) is 6.92 Å². The molecule has 196 valence electrons. The number of rotatable bonds is 7. The smallest absolute Gasteiger partial charge is 0.305 e. The van der Waals surface area contributed by atoms with Gasteiger partial charge in [-0.05, 0) is 93.0 Å². The molecule has 0 aromatic carbocycles. The van der Waals surface area contributed by atoms with Gasteiger partial charge in [0, 0.05) is 18.3 Å². The number of fused-ring (bicyclic) bond motifs is 1. The van der Waals surface area contributed by atoms with E-state index in [0.717, 1.165) is 43.3 Å². The molecule has 0 saturated heterocycles. The molecule has 1 N–H and O–H groups in total. The van der Waals surface area contributed by atoms with Gasteiger partial charge in [0.15, 0.2) is 0 Å². The molecule has 0 amide bonds. The standard InChI is InChI=1S/C31H48O4/c1-19(2)24-18-25(32)21(4)23(30(24,7)17-15-28(34)35-9)12-11-22-20(3)10-13-26-29(5,6)27(33)14-16-31(22,26)8/h22,24-26,32H,1,3,10-18H2,2,4-9H3/t22-,24-,25+,26-,30+,31+/m1/s1. The maximum Gasteiger partial charge on any atom is 0.305 e. The summed E-state index contributed by atoms with van der Waals surface area (Å²) in [5, 5.41) is 11.0. The minimum Gasteiger partial charge on any atom is -0.469 e. The van der Waals surface area contributed by atoms with E-state index in [-0.39, 0.29) is 28.1 Å². The normalized spacial score (nSPS) is 37.1. The van der Waals surface area contributed by atoms with E-state index in [0.29, 0.717) is 43.3 Å². The molecule has 0 heterocycles. The lowest BCUT2D eigenvalue weighted by Crippen LogP contribution is -2.53. The Morgan fingerprint density at radius 1 is 1.20 bits per heavy atom. The average Bonchev–Trinajstić information content (AvgIpc) is 2.78. The Balaban J connectivity index is 1.94. The number of hydrogen-bond donors (Lipinski definition) is 1. The van der Waals surface area contributed by atoms with Crippen molar-refractivity contribution in [2.45, 2.75) is 105 Å². The molecule has 0 bridgehead atoms. The summed E-state index contributed by atoms with van der Waals surface area (Å²) in [5.74, 6) is 1.04. The molecular formula is C31H48O4. The fourth-order valence-corrected chi connectivity index (χ4v) is 8.34. The maximum atomic E-state index is 12.8. The van der Waals surface area contributed by atoms with Crippen LogP contribution in [0.1, 0.15) is 99.3 Å². The Bertz CT molecular complexity index is 924. The first-order chi connectivity index (χ1) is 16.2. The van der Waals surface area contributed by atoms with Gasteiger partial charge >= 0.3 is 5.97 Å². The fourth-order valence-electron chi connectivity index (χ4n) is 8.34. The summed E-state index contributed by atoms with van der Waals surface area (Å²) < 4.78 is 4.97. The van der Waals surface area contributed by atoms with Gasteiger partial charge in [-0.3, -0.25) is 9.59 Å². The van der Waals surface area contributed by atoms with Crippen molar-refractivity contribution in [3.8, 4) is 0 Å². The summed E-state index contributed by atoms with van der Waals surface area (Å²) in [7, 11) is 1.44. The summed E-state index contributed by atoms with van der Waals surface area (Å²) in [6.07, 6.45) is 6.64. The van der Waals surface area contributed by atoms with Gasteiger partial charge in [-0.15, -0.1) is 0 Å². The first-order valence-corrected chi connectivity index (χ1v) is 13.5. The van der Waals surface area contributed by atoms with Crippen molar-refractivity contribution in [1.82, 2.24) is 0 Å². The first kappa shape index (κ1) is 27.9. The topological polar surface area (TPSA) is 63.6 Å². The van der Waals surface area contributed by atoms with E-state index in [4.69, 9.17) is 4.74 Å². The maximum absolute atomic E-state index is 12.8. The third-order valence-electron chi connectivity index (χ3n) is 10.6. The Hall–Kier alpha value is -1.68. The highest BCUT2D eigenvalue weighted by Gasteiger charge is 2.56. The summed E-state index contributed by atoms with van der Waals surface area (Å²) in [6.45, 7) is 21.8. The molecule has 0 radical (unpaired) electrons. The van der Waals surface area contributed by atoms with E-state index >= 15 is 0 Å². The Labute approximate surface area is 213 Å². The zero-order chi connectivity index (χ0) is 26.3. The molecular weight excluding hydrogens is 436 g/mol. The number of Topliss-reactive ketones (excluding diaryl/α,β-unsaturated/α-hetero) is 1. The molecule has 6 atom stereocenters. The SMILES string of the molecule is C=C1CC[C@@H]2C(C)(C)C(=O)CC[C@@]2(C)[C@@H]1CCC1=C(C)[C@@H](O)C[C@H](C(=C)C)[C@@]1(C)CCC(=O)OC. The number of hydrogen-bond acceptors (Lipinski definition) is 4. The molecule has 3 aliphatic carbocycles. The molecule has 0 aromatic rings. The third-order valence-corrected chi connectivity index (χ3v) is 10.6. The van der Waals surface area contributed by atoms with Crippen LogP contribution in [0.2, 0.25) is 0 Å². The summed E-state index contributed by atoms with van der Waals surface area (Å²) in [6, 6.07) is 0. The van der Waals surface area contributed by atoms with E-state index in [9.17, 15) is 14.7 Å². The number of aliphatic hydroxyl groups is 1. The lowest BCUT2D eigenvalue weighted by molar-refractivity contribution is -0.145. The van der Waals surface area contributed by atoms with Crippen LogP contribution in [0, 0.1) is 34.0 Å². The number of aliphatic hydroxyl groups excluding tert-OH is 1. The average molecular weight is 485 g/mol. The lowest BCUT2D eigenvalue weighted by atomic mass is 9.46. The second kappa shape index (κ2) is 10.00.